The second-order valence-corrected chi connectivity index (χ2v) is 9.35. The van der Waals surface area contributed by atoms with Gasteiger partial charge in [-0.25, -0.2) is 0 Å². The maximum Gasteiger partial charge on any atom is 0.256 e. The Balaban J connectivity index is 2.12. The van der Waals surface area contributed by atoms with Gasteiger partial charge in [0.15, 0.2) is 11.6 Å². The van der Waals surface area contributed by atoms with Gasteiger partial charge in [0.25, 0.3) is 5.91 Å². The van der Waals surface area contributed by atoms with Crippen molar-refractivity contribution in [1.82, 2.24) is 20.6 Å². The van der Waals surface area contributed by atoms with Crippen LogP contribution >= 0.6 is 11.6 Å². The number of amides is 4. The van der Waals surface area contributed by atoms with Gasteiger partial charge in [-0.3, -0.25) is 33.6 Å². The lowest BCUT2D eigenvalue weighted by molar-refractivity contribution is -0.213. The first-order valence-electron chi connectivity index (χ1n) is 11.3. The zero-order valence-electron chi connectivity index (χ0n) is 20.2. The fraction of sp³-hybridized carbons (Fsp3) is 0.727. The topological polar surface area (TPSA) is 142 Å². The highest BCUT2D eigenvalue weighted by Gasteiger charge is 2.53. The van der Waals surface area contributed by atoms with Gasteiger partial charge >= 0.3 is 0 Å². The van der Waals surface area contributed by atoms with Crippen molar-refractivity contribution in [3.05, 3.63) is 0 Å². The number of hydrogen-bond donors (Lipinski definition) is 2. The molecule has 0 spiro atoms. The molecule has 0 aromatic carbocycles. The summed E-state index contributed by atoms with van der Waals surface area (Å²) in [5.41, 5.74) is -1.91. The lowest BCUT2D eigenvalue weighted by Gasteiger charge is -2.40. The van der Waals surface area contributed by atoms with Crippen LogP contribution in [-0.2, 0) is 33.6 Å². The Morgan fingerprint density at radius 3 is 2.35 bits per heavy atom. The van der Waals surface area contributed by atoms with Crippen LogP contribution in [0.15, 0.2) is 0 Å². The Bertz CT molecular complexity index is 864. The number of nitrogens with one attached hydrogen (secondary N) is 2. The SMILES string of the molecule is CON1C(=O)CCC(=O)[C@]1(C)C(=O)N[C@@H](C)C(=O)N1CCC[C@H]1C(=O)N[C@H](C(=O)CCl)C(C)C. The van der Waals surface area contributed by atoms with Crippen molar-refractivity contribution in [2.45, 2.75) is 77.0 Å². The lowest BCUT2D eigenvalue weighted by atomic mass is 9.87. The maximum atomic E-state index is 13.1. The first-order valence-corrected chi connectivity index (χ1v) is 11.8. The number of nitrogens with zero attached hydrogens (tertiary/aromatic N) is 2. The van der Waals surface area contributed by atoms with Crippen molar-refractivity contribution >= 4 is 46.8 Å². The zero-order valence-corrected chi connectivity index (χ0v) is 20.9. The summed E-state index contributed by atoms with van der Waals surface area (Å²) in [5, 5.41) is 5.93. The van der Waals surface area contributed by atoms with Gasteiger partial charge in [-0.15, -0.1) is 11.6 Å². The number of ketones is 2. The number of Topliss-reactive ketones (excluding diaryl/α,β-unsaturated/α-hetero) is 2. The van der Waals surface area contributed by atoms with Gasteiger partial charge in [-0.2, -0.15) is 5.06 Å². The monoisotopic (exact) mass is 500 g/mol. The summed E-state index contributed by atoms with van der Waals surface area (Å²) in [4.78, 5) is 82.2. The number of rotatable bonds is 9. The molecule has 2 rings (SSSR count). The maximum absolute atomic E-state index is 13.1. The molecule has 0 unspecified atom stereocenters. The standard InChI is InChI=1S/C22H33ClN4O7/c1-12(2)18(15(28)11-23)25-19(31)14-7-6-10-26(14)20(32)13(3)24-21(33)22(4)16(29)8-9-17(30)27(22)34-5/h12-14,18H,6-11H2,1-5H3,(H,24,33)(H,25,31)/t13-,14-,18-,22+/m0/s1. The van der Waals surface area contributed by atoms with Gasteiger partial charge in [0.2, 0.25) is 23.3 Å². The highest BCUT2D eigenvalue weighted by atomic mass is 35.5. The minimum absolute atomic E-state index is 0.0712. The van der Waals surface area contributed by atoms with Gasteiger partial charge in [0, 0.05) is 19.4 Å². The highest BCUT2D eigenvalue weighted by Crippen LogP contribution is 2.27. The third-order valence-electron chi connectivity index (χ3n) is 6.37. The van der Waals surface area contributed by atoms with Gasteiger partial charge in [-0.05, 0) is 32.6 Å². The molecule has 0 radical (unpaired) electrons. The van der Waals surface area contributed by atoms with Crippen molar-refractivity contribution in [2.24, 2.45) is 5.92 Å². The van der Waals surface area contributed by atoms with E-state index in [0.29, 0.717) is 19.4 Å². The summed E-state index contributed by atoms with van der Waals surface area (Å²) in [6, 6.07) is -2.65. The second-order valence-electron chi connectivity index (χ2n) is 9.08. The minimum atomic E-state index is -1.91. The Kier molecular flexibility index (Phi) is 9.18. The van der Waals surface area contributed by atoms with Crippen molar-refractivity contribution < 1.29 is 33.6 Å². The first kappa shape index (κ1) is 27.7. The molecule has 0 aliphatic carbocycles. The Labute approximate surface area is 203 Å². The number of likely N-dealkylation sites (tertiary alicyclic amines) is 1. The van der Waals surface area contributed by atoms with E-state index in [9.17, 15) is 28.8 Å². The number of halogens is 1. The largest absolute Gasteiger partial charge is 0.344 e. The average Bonchev–Trinajstić information content (AvgIpc) is 3.28. The summed E-state index contributed by atoms with van der Waals surface area (Å²) >= 11 is 5.66. The van der Waals surface area contributed by atoms with Crippen molar-refractivity contribution in [1.29, 1.82) is 0 Å². The summed E-state index contributed by atoms with van der Waals surface area (Å²) in [7, 11) is 1.18. The number of carbonyl (C=O) groups excluding carboxylic acids is 6. The van der Waals surface area contributed by atoms with Crippen LogP contribution in [0.5, 0.6) is 0 Å². The molecule has 0 saturated carbocycles. The van der Waals surface area contributed by atoms with Crippen LogP contribution in [0.1, 0.15) is 53.4 Å². The van der Waals surface area contributed by atoms with Gasteiger partial charge < -0.3 is 15.5 Å². The number of carbonyl (C=O) groups is 6. The molecule has 2 aliphatic rings. The van der Waals surface area contributed by atoms with Crippen LogP contribution in [0.25, 0.3) is 0 Å². The van der Waals surface area contributed by atoms with Crippen LogP contribution in [0.3, 0.4) is 0 Å². The molecule has 4 amide bonds. The van der Waals surface area contributed by atoms with Crippen LogP contribution in [0, 0.1) is 5.92 Å². The summed E-state index contributed by atoms with van der Waals surface area (Å²) in [6.45, 7) is 6.58. The van der Waals surface area contributed by atoms with E-state index in [-0.39, 0.29) is 30.4 Å². The van der Waals surface area contributed by atoms with Crippen LogP contribution in [-0.4, -0.2) is 88.4 Å². The molecular weight excluding hydrogens is 468 g/mol. The van der Waals surface area contributed by atoms with E-state index in [0.717, 1.165) is 5.06 Å². The fourth-order valence-corrected chi connectivity index (χ4v) is 4.50. The van der Waals surface area contributed by atoms with E-state index in [2.05, 4.69) is 10.6 Å². The number of piperidine rings is 1. The molecule has 0 bridgehead atoms. The number of hydroxylamine groups is 2. The third-order valence-corrected chi connectivity index (χ3v) is 6.63. The summed E-state index contributed by atoms with van der Waals surface area (Å²) in [5.74, 6) is -3.58. The van der Waals surface area contributed by atoms with Gasteiger partial charge in [0.1, 0.15) is 12.1 Å². The lowest BCUT2D eigenvalue weighted by Crippen LogP contribution is -2.67. The predicted molar refractivity (Wildman–Crippen MR) is 121 cm³/mol. The Morgan fingerprint density at radius 1 is 1.15 bits per heavy atom. The molecular formula is C22H33ClN4O7. The predicted octanol–water partition coefficient (Wildman–Crippen LogP) is -0.0576. The van der Waals surface area contributed by atoms with E-state index in [1.165, 1.54) is 25.9 Å². The van der Waals surface area contributed by atoms with Gasteiger partial charge in [-0.1, -0.05) is 13.8 Å². The highest BCUT2D eigenvalue weighted by molar-refractivity contribution is 6.28. The molecule has 34 heavy (non-hydrogen) atoms. The third kappa shape index (κ3) is 5.41. The van der Waals surface area contributed by atoms with Crippen molar-refractivity contribution in [2.75, 3.05) is 19.5 Å². The minimum Gasteiger partial charge on any atom is -0.344 e. The van der Waals surface area contributed by atoms with Crippen LogP contribution in [0.4, 0.5) is 0 Å². The zero-order chi connectivity index (χ0) is 25.8. The Hall–Kier alpha value is -2.53. The van der Waals surface area contributed by atoms with Crippen molar-refractivity contribution in [3.8, 4) is 0 Å². The van der Waals surface area contributed by atoms with E-state index < -0.39 is 53.1 Å². The Morgan fingerprint density at radius 2 is 1.79 bits per heavy atom. The van der Waals surface area contributed by atoms with E-state index in [4.69, 9.17) is 16.4 Å². The molecule has 12 heteroatoms. The first-order chi connectivity index (χ1) is 15.9. The summed E-state index contributed by atoms with van der Waals surface area (Å²) < 4.78 is 0. The van der Waals surface area contributed by atoms with Crippen LogP contribution < -0.4 is 10.6 Å². The quantitative estimate of drug-likeness (QED) is 0.333. The molecule has 2 saturated heterocycles. The van der Waals surface area contributed by atoms with E-state index in [1.807, 2.05) is 0 Å². The molecule has 0 aromatic heterocycles. The van der Waals surface area contributed by atoms with Crippen molar-refractivity contribution in [3.63, 3.8) is 0 Å². The molecule has 2 heterocycles. The van der Waals surface area contributed by atoms with E-state index in [1.54, 1.807) is 13.8 Å². The number of hydrogen-bond acceptors (Lipinski definition) is 7. The molecule has 2 fully saturated rings. The normalized spacial score (nSPS) is 24.7. The number of alkyl halides is 1. The molecule has 11 nitrogen and oxygen atoms in total. The van der Waals surface area contributed by atoms with Crippen LogP contribution in [0.2, 0.25) is 0 Å². The smallest absolute Gasteiger partial charge is 0.256 e. The molecule has 2 N–H and O–H groups in total. The average molecular weight is 501 g/mol. The molecule has 190 valence electrons. The fourth-order valence-electron chi connectivity index (χ4n) is 4.33. The van der Waals surface area contributed by atoms with E-state index >= 15 is 0 Å². The molecule has 2 aliphatic heterocycles. The molecule has 0 aromatic rings. The second kappa shape index (κ2) is 11.3. The summed E-state index contributed by atoms with van der Waals surface area (Å²) in [6.07, 6.45) is 0.790. The molecule has 4 atom stereocenters. The van der Waals surface area contributed by atoms with Gasteiger partial charge in [0.05, 0.1) is 19.0 Å².